The van der Waals surface area contributed by atoms with E-state index in [0.29, 0.717) is 5.92 Å². The molecule has 1 unspecified atom stereocenters. The second kappa shape index (κ2) is 13.7. The maximum Gasteiger partial charge on any atom is 0.178 e. The smallest absolute Gasteiger partial charge is 0.178 e. The van der Waals surface area contributed by atoms with Crippen LogP contribution in [0.1, 0.15) is 72.9 Å². The van der Waals surface area contributed by atoms with Crippen LogP contribution >= 0.6 is 11.8 Å². The second-order valence-electron chi connectivity index (χ2n) is 15.0. The van der Waals surface area contributed by atoms with Gasteiger partial charge in [0.1, 0.15) is 5.75 Å². The van der Waals surface area contributed by atoms with E-state index in [0.717, 1.165) is 88.5 Å². The van der Waals surface area contributed by atoms with Crippen molar-refractivity contribution in [2.24, 2.45) is 5.92 Å². The van der Waals surface area contributed by atoms with E-state index >= 15 is 0 Å². The van der Waals surface area contributed by atoms with Gasteiger partial charge in [0.2, 0.25) is 0 Å². The summed E-state index contributed by atoms with van der Waals surface area (Å²) in [7, 11) is 0. The Morgan fingerprint density at radius 1 is 0.769 bits per heavy atom. The molecule has 0 bridgehead atoms. The number of benzene rings is 5. The quantitative estimate of drug-likeness (QED) is 0.150. The highest BCUT2D eigenvalue weighted by molar-refractivity contribution is 7.98. The summed E-state index contributed by atoms with van der Waals surface area (Å²) >= 11 is 1.79. The molecule has 0 spiro atoms. The Labute approximate surface area is 313 Å². The number of hydrogen-bond donors (Lipinski definition) is 0. The molecule has 2 saturated heterocycles. The molecule has 0 amide bonds. The fourth-order valence-electron chi connectivity index (χ4n) is 9.65. The summed E-state index contributed by atoms with van der Waals surface area (Å²) in [5, 5.41) is 2.47. The number of morpholine rings is 1. The molecule has 5 heteroatoms. The maximum absolute atomic E-state index is 7.74. The number of thioether (sulfide) groups is 1. The molecule has 1 aliphatic carbocycles. The molecule has 3 aliphatic heterocycles. The number of hydrogen-bond acceptors (Lipinski definition) is 5. The van der Waals surface area contributed by atoms with Gasteiger partial charge in [0.25, 0.3) is 0 Å². The van der Waals surface area contributed by atoms with E-state index in [9.17, 15) is 0 Å². The molecule has 5 aromatic carbocycles. The van der Waals surface area contributed by atoms with Crippen molar-refractivity contribution in [2.45, 2.75) is 61.9 Å². The molecule has 0 radical (unpaired) electrons. The van der Waals surface area contributed by atoms with Crippen molar-refractivity contribution < 1.29 is 14.2 Å². The van der Waals surface area contributed by atoms with Crippen molar-refractivity contribution >= 4 is 34.3 Å². The molecule has 9 rings (SSSR count). The summed E-state index contributed by atoms with van der Waals surface area (Å²) in [6.45, 7) is 9.84. The summed E-state index contributed by atoms with van der Waals surface area (Å²) in [6, 6.07) is 34.6. The zero-order chi connectivity index (χ0) is 35.3. The molecule has 1 atom stereocenters. The highest BCUT2D eigenvalue weighted by Crippen LogP contribution is 2.60. The monoisotopic (exact) mass is 707 g/mol. The lowest BCUT2D eigenvalue weighted by atomic mass is 9.71. The first-order chi connectivity index (χ1) is 25.6. The van der Waals surface area contributed by atoms with Gasteiger partial charge in [0, 0.05) is 64.4 Å². The Hall–Kier alpha value is -4.03. The minimum absolute atomic E-state index is 0.0817. The van der Waals surface area contributed by atoms with Crippen LogP contribution in [0.5, 0.6) is 5.75 Å². The largest absolute Gasteiger partial charge is 0.472 e. The fourth-order valence-corrected chi connectivity index (χ4v) is 10.1. The third-order valence-electron chi connectivity index (χ3n) is 12.6. The molecule has 5 aromatic rings. The molecule has 4 aliphatic rings. The van der Waals surface area contributed by atoms with E-state index in [1.807, 2.05) is 0 Å². The Bertz CT molecular complexity index is 2120. The molecule has 266 valence electrons. The van der Waals surface area contributed by atoms with Crippen LogP contribution in [-0.4, -0.2) is 45.8 Å². The first kappa shape index (κ1) is 33.8. The molecule has 0 aromatic heterocycles. The lowest BCUT2D eigenvalue weighted by Crippen LogP contribution is -2.37. The van der Waals surface area contributed by atoms with Crippen molar-refractivity contribution in [1.82, 2.24) is 0 Å². The number of nitrogens with zero attached hydrogens (tertiary/aromatic N) is 1. The Morgan fingerprint density at radius 2 is 1.46 bits per heavy atom. The van der Waals surface area contributed by atoms with Gasteiger partial charge < -0.3 is 19.1 Å². The molecule has 2 fully saturated rings. The minimum atomic E-state index is -0.795. The van der Waals surface area contributed by atoms with Crippen molar-refractivity contribution in [3.05, 3.63) is 130 Å². The molecule has 0 saturated carbocycles. The summed E-state index contributed by atoms with van der Waals surface area (Å²) < 4.78 is 19.1. The van der Waals surface area contributed by atoms with Gasteiger partial charge in [-0.2, -0.15) is 0 Å². The molecular weight excluding hydrogens is 659 g/mol. The maximum atomic E-state index is 7.74. The normalized spacial score (nSPS) is 20.7. The fraction of sp³-hybridized carbons (Fsp3) is 0.362. The van der Waals surface area contributed by atoms with Crippen molar-refractivity contribution in [3.63, 3.8) is 0 Å². The van der Waals surface area contributed by atoms with Crippen LogP contribution in [-0.2, 0) is 26.9 Å². The predicted molar refractivity (Wildman–Crippen MR) is 216 cm³/mol. The lowest BCUT2D eigenvalue weighted by molar-refractivity contribution is 0.0665. The van der Waals surface area contributed by atoms with Gasteiger partial charge >= 0.3 is 0 Å². The number of rotatable bonds is 8. The van der Waals surface area contributed by atoms with E-state index < -0.39 is 5.60 Å². The van der Waals surface area contributed by atoms with Crippen molar-refractivity contribution in [1.29, 1.82) is 0 Å². The molecular formula is C47H49NO3S. The minimum Gasteiger partial charge on any atom is -0.472 e. The summed E-state index contributed by atoms with van der Waals surface area (Å²) in [6.07, 6.45) is 12.4. The third-order valence-corrected chi connectivity index (χ3v) is 13.3. The Kier molecular flexibility index (Phi) is 8.93. The Morgan fingerprint density at radius 3 is 2.17 bits per heavy atom. The van der Waals surface area contributed by atoms with E-state index in [2.05, 4.69) is 128 Å². The molecule has 3 heterocycles. The third kappa shape index (κ3) is 5.42. The second-order valence-corrected chi connectivity index (χ2v) is 15.9. The van der Waals surface area contributed by atoms with Crippen molar-refractivity contribution in [3.8, 4) is 16.9 Å². The van der Waals surface area contributed by atoms with E-state index in [4.69, 9.17) is 14.2 Å². The topological polar surface area (TPSA) is 30.9 Å². The van der Waals surface area contributed by atoms with Gasteiger partial charge in [0.15, 0.2) is 5.60 Å². The summed E-state index contributed by atoms with van der Waals surface area (Å²) in [5.41, 5.74) is 10.9. The van der Waals surface area contributed by atoms with Crippen LogP contribution in [0.2, 0.25) is 0 Å². The van der Waals surface area contributed by atoms with Gasteiger partial charge in [-0.3, -0.25) is 0 Å². The summed E-state index contributed by atoms with van der Waals surface area (Å²) in [4.78, 5) is 3.67. The number of fused-ring (bicyclic) bond motifs is 8. The predicted octanol–water partition coefficient (Wildman–Crippen LogP) is 10.8. The van der Waals surface area contributed by atoms with Crippen LogP contribution < -0.4 is 9.64 Å². The number of anilines is 1. The van der Waals surface area contributed by atoms with Crippen LogP contribution in [0.15, 0.2) is 102 Å². The van der Waals surface area contributed by atoms with Gasteiger partial charge in [-0.15, -0.1) is 11.8 Å². The highest BCUT2D eigenvalue weighted by atomic mass is 32.2. The SMILES string of the molecule is CCC1(CC)c2ccccc2-c2c1c1c(c3cc(SC)ccc23)OC(c2ccc(CC3CCOCC3)cc2)(c2ccc(N3CCOCC3)cc2)C=C1. The zero-order valence-electron chi connectivity index (χ0n) is 30.8. The number of ether oxygens (including phenoxy) is 3. The molecule has 0 N–H and O–H groups in total. The van der Waals surface area contributed by atoms with Crippen LogP contribution in [0.3, 0.4) is 0 Å². The van der Waals surface area contributed by atoms with Gasteiger partial charge in [0.05, 0.1) is 13.2 Å². The van der Waals surface area contributed by atoms with E-state index in [1.165, 1.54) is 54.7 Å². The average molecular weight is 708 g/mol. The van der Waals surface area contributed by atoms with Crippen LogP contribution in [0, 0.1) is 5.92 Å². The standard InChI is InChI=1S/C47H49NO3S/c1-4-46(5-2)42-9-7-6-8-39(42)43-38-19-18-37(52-3)31-41(38)45-40(44(43)46)20-23-47(51-45,35-14-16-36(17-15-35)48-24-28-50-29-25-48)34-12-10-32(11-13-34)30-33-21-26-49-27-22-33/h6-20,23,31,33H,4-5,21-22,24-30H2,1-3H3. The van der Waals surface area contributed by atoms with Crippen LogP contribution in [0.25, 0.3) is 28.0 Å². The van der Waals surface area contributed by atoms with Gasteiger partial charge in [-0.1, -0.05) is 86.7 Å². The van der Waals surface area contributed by atoms with Crippen molar-refractivity contribution in [2.75, 3.05) is 50.7 Å². The molecule has 52 heavy (non-hydrogen) atoms. The summed E-state index contributed by atoms with van der Waals surface area (Å²) in [5.74, 6) is 1.68. The van der Waals surface area contributed by atoms with Gasteiger partial charge in [-0.05, 0) is 108 Å². The molecule has 4 nitrogen and oxygen atoms in total. The van der Waals surface area contributed by atoms with E-state index in [1.54, 1.807) is 11.8 Å². The highest BCUT2D eigenvalue weighted by Gasteiger charge is 2.46. The van der Waals surface area contributed by atoms with Crippen LogP contribution in [0.4, 0.5) is 5.69 Å². The first-order valence-electron chi connectivity index (χ1n) is 19.3. The first-order valence-corrected chi connectivity index (χ1v) is 20.6. The average Bonchev–Trinajstić information content (AvgIpc) is 3.52. The lowest BCUT2D eigenvalue weighted by Gasteiger charge is -2.39. The Balaban J connectivity index is 1.23. The zero-order valence-corrected chi connectivity index (χ0v) is 31.6. The van der Waals surface area contributed by atoms with E-state index in [-0.39, 0.29) is 5.41 Å². The van der Waals surface area contributed by atoms with Gasteiger partial charge in [-0.25, -0.2) is 0 Å².